The first kappa shape index (κ1) is 43.0. The second kappa shape index (κ2) is 15.9. The third-order valence-corrected chi connectivity index (χ3v) is 14.3. The molecule has 318 valence electrons. The Labute approximate surface area is 336 Å². The highest BCUT2D eigenvalue weighted by atomic mass is 32.2. The van der Waals surface area contributed by atoms with Crippen LogP contribution < -0.4 is 24.8 Å². The van der Waals surface area contributed by atoms with Crippen molar-refractivity contribution >= 4 is 44.6 Å². The number of carbonyl (C=O) groups excluding carboxylic acids is 4. The topological polar surface area (TPSA) is 182 Å². The summed E-state index contributed by atoms with van der Waals surface area (Å²) in [6.45, 7) is 6.49. The summed E-state index contributed by atoms with van der Waals surface area (Å²) in [5.74, 6) is -2.85. The summed E-state index contributed by atoms with van der Waals surface area (Å²) in [6.07, 6.45) is 0.592. The molecule has 18 heteroatoms. The van der Waals surface area contributed by atoms with Crippen molar-refractivity contribution in [1.82, 2.24) is 25.2 Å². The third kappa shape index (κ3) is 8.57. The van der Waals surface area contributed by atoms with Gasteiger partial charge in [0.15, 0.2) is 0 Å². The quantitative estimate of drug-likeness (QED) is 0.281. The number of nitrogens with one attached hydrogen (secondary N) is 3. The van der Waals surface area contributed by atoms with Gasteiger partial charge in [-0.15, -0.1) is 0 Å². The fourth-order valence-electron chi connectivity index (χ4n) is 7.84. The van der Waals surface area contributed by atoms with Crippen molar-refractivity contribution in [3.8, 4) is 11.6 Å². The molecule has 58 heavy (non-hydrogen) atoms. The summed E-state index contributed by atoms with van der Waals surface area (Å²) in [6, 6.07) is 4.29. The first-order valence-corrected chi connectivity index (χ1v) is 21.1. The zero-order valence-corrected chi connectivity index (χ0v) is 34.3. The lowest BCUT2D eigenvalue weighted by Crippen LogP contribution is -2.60. The van der Waals surface area contributed by atoms with Gasteiger partial charge >= 0.3 is 12.3 Å². The molecule has 0 spiro atoms. The monoisotopic (exact) mass is 835 g/mol. The van der Waals surface area contributed by atoms with Crippen molar-refractivity contribution in [1.29, 1.82) is 0 Å². The number of rotatable bonds is 9. The molecule has 2 aliphatic carbocycles. The fourth-order valence-corrected chi connectivity index (χ4v) is 9.15. The third-order valence-electron chi connectivity index (χ3n) is 12.1. The van der Waals surface area contributed by atoms with Crippen LogP contribution in [0.2, 0.25) is 0 Å². The van der Waals surface area contributed by atoms with Crippen LogP contribution >= 0.6 is 0 Å². The van der Waals surface area contributed by atoms with Gasteiger partial charge in [-0.2, -0.15) is 13.2 Å². The normalized spacial score (nSPS) is 28.9. The molecule has 0 bridgehead atoms. The van der Waals surface area contributed by atoms with Crippen LogP contribution in [0.25, 0.3) is 10.8 Å². The Balaban J connectivity index is 1.37. The van der Waals surface area contributed by atoms with Crippen LogP contribution in [0.4, 0.5) is 18.0 Å². The molecule has 3 N–H and O–H groups in total. The molecule has 7 atom stereocenters. The molecule has 3 heterocycles. The van der Waals surface area contributed by atoms with Gasteiger partial charge < -0.3 is 29.7 Å². The summed E-state index contributed by atoms with van der Waals surface area (Å²) >= 11 is 0. The number of halogens is 3. The number of methoxy groups -OCH3 is 1. The molecule has 3 fully saturated rings. The van der Waals surface area contributed by atoms with E-state index in [-0.39, 0.29) is 31.2 Å². The smallest absolute Gasteiger partial charge is 0.427 e. The van der Waals surface area contributed by atoms with E-state index in [1.807, 2.05) is 13.0 Å². The largest absolute Gasteiger partial charge is 0.496 e. The van der Waals surface area contributed by atoms with E-state index in [2.05, 4.69) is 20.3 Å². The van der Waals surface area contributed by atoms with Crippen molar-refractivity contribution < 1.29 is 55.0 Å². The van der Waals surface area contributed by atoms with Crippen molar-refractivity contribution in [3.63, 3.8) is 0 Å². The van der Waals surface area contributed by atoms with Crippen molar-refractivity contribution in [2.75, 3.05) is 13.7 Å². The van der Waals surface area contributed by atoms with E-state index < -0.39 is 85.9 Å². The van der Waals surface area contributed by atoms with E-state index >= 15 is 0 Å². The summed E-state index contributed by atoms with van der Waals surface area (Å²) in [5.41, 5.74) is -4.53. The molecule has 2 saturated carbocycles. The predicted molar refractivity (Wildman–Crippen MR) is 206 cm³/mol. The maximum absolute atomic E-state index is 14.9. The number of allylic oxidation sites excluding steroid dienone is 1. The molecule has 6 rings (SSSR count). The number of hydrogen-bond donors (Lipinski definition) is 3. The minimum Gasteiger partial charge on any atom is -0.496 e. The zero-order valence-electron chi connectivity index (χ0n) is 33.5. The van der Waals surface area contributed by atoms with Gasteiger partial charge in [-0.3, -0.25) is 19.1 Å². The number of pyridine rings is 1. The average Bonchev–Trinajstić information content (AvgIpc) is 4.03. The van der Waals surface area contributed by atoms with Crippen LogP contribution in [0.1, 0.15) is 86.0 Å². The van der Waals surface area contributed by atoms with Crippen LogP contribution in [0.3, 0.4) is 0 Å². The maximum atomic E-state index is 14.9. The standard InChI is InChI=1S/C40H52F3N5O9S/c1-7-24-19-23(2)11-8-9-12-25-21-39(25,35(51)47-58(53,54)38(5)16-17-38)46-32(49)29-20-26(56-33-28-13-10-14-30(55-6)27(28)15-18-44-33)22-48(29)34(50)31(24)45-36(52)57-37(3,4)40(41,42)43/h9-10,12-15,18,23-26,29,31H,7-8,11,16-17,19-22H2,1-6H3,(H,45,52)(H,46,49)(H,47,51). The lowest BCUT2D eigenvalue weighted by atomic mass is 9.85. The first-order chi connectivity index (χ1) is 27.1. The number of sulfonamides is 1. The molecule has 2 aromatic rings. The highest BCUT2D eigenvalue weighted by molar-refractivity contribution is 7.91. The Hall–Kier alpha value is -4.61. The van der Waals surface area contributed by atoms with Gasteiger partial charge in [-0.25, -0.2) is 18.2 Å². The molecule has 1 aromatic carbocycles. The number of alkyl halides is 3. The molecule has 1 saturated heterocycles. The van der Waals surface area contributed by atoms with E-state index in [0.29, 0.717) is 68.9 Å². The Kier molecular flexibility index (Phi) is 11.8. The average molecular weight is 836 g/mol. The zero-order chi connectivity index (χ0) is 42.4. The number of benzene rings is 1. The van der Waals surface area contributed by atoms with Gasteiger partial charge in [-0.1, -0.05) is 38.5 Å². The Morgan fingerprint density at radius 2 is 1.83 bits per heavy atom. The minimum atomic E-state index is -4.91. The van der Waals surface area contributed by atoms with Crippen molar-refractivity contribution in [2.45, 2.75) is 126 Å². The molecule has 14 nitrogen and oxygen atoms in total. The van der Waals surface area contributed by atoms with E-state index in [9.17, 15) is 40.8 Å². The summed E-state index contributed by atoms with van der Waals surface area (Å²) < 4.78 is 85.6. The van der Waals surface area contributed by atoms with Crippen molar-refractivity contribution in [3.05, 3.63) is 42.6 Å². The Bertz CT molecular complexity index is 2070. The van der Waals surface area contributed by atoms with Crippen LogP contribution in [0.5, 0.6) is 11.6 Å². The Morgan fingerprint density at radius 3 is 2.48 bits per heavy atom. The fraction of sp³-hybridized carbons (Fsp3) is 0.625. The molecule has 4 amide bonds. The lowest BCUT2D eigenvalue weighted by molar-refractivity contribution is -0.244. The number of amides is 4. The first-order valence-electron chi connectivity index (χ1n) is 19.7. The molecule has 4 aliphatic rings. The van der Waals surface area contributed by atoms with E-state index in [4.69, 9.17) is 14.2 Å². The molecule has 1 aromatic heterocycles. The van der Waals surface area contributed by atoms with E-state index in [1.165, 1.54) is 25.1 Å². The van der Waals surface area contributed by atoms with Crippen LogP contribution in [0, 0.1) is 17.8 Å². The maximum Gasteiger partial charge on any atom is 0.427 e. The summed E-state index contributed by atoms with van der Waals surface area (Å²) in [7, 11) is -2.56. The van der Waals surface area contributed by atoms with Gasteiger partial charge in [0, 0.05) is 29.3 Å². The number of nitrogens with zero attached hydrogens (tertiary/aromatic N) is 2. The molecule has 7 unspecified atom stereocenters. The number of alkyl carbamates (subject to hydrolysis) is 1. The molecule has 2 aliphatic heterocycles. The van der Waals surface area contributed by atoms with Gasteiger partial charge in [0.25, 0.3) is 5.91 Å². The van der Waals surface area contributed by atoms with Gasteiger partial charge in [0.1, 0.15) is 29.5 Å². The number of hydrogen-bond acceptors (Lipinski definition) is 10. The summed E-state index contributed by atoms with van der Waals surface area (Å²) in [5, 5.41) is 6.52. The van der Waals surface area contributed by atoms with Crippen LogP contribution in [-0.4, -0.2) is 96.0 Å². The number of carbonyl (C=O) groups is 4. The number of aromatic nitrogens is 1. The highest BCUT2D eigenvalue weighted by Gasteiger charge is 2.63. The second-order valence-electron chi connectivity index (χ2n) is 16.8. The van der Waals surface area contributed by atoms with Gasteiger partial charge in [0.05, 0.1) is 18.4 Å². The molecular formula is C40H52F3N5O9S. The summed E-state index contributed by atoms with van der Waals surface area (Å²) in [4.78, 5) is 62.2. The number of ether oxygens (including phenoxy) is 3. The predicted octanol–water partition coefficient (Wildman–Crippen LogP) is 5.30. The van der Waals surface area contributed by atoms with Crippen LogP contribution in [0.15, 0.2) is 42.6 Å². The highest BCUT2D eigenvalue weighted by Crippen LogP contribution is 2.48. The van der Waals surface area contributed by atoms with Crippen molar-refractivity contribution in [2.24, 2.45) is 17.8 Å². The molecular weight excluding hydrogens is 784 g/mol. The minimum absolute atomic E-state index is 0.0317. The lowest BCUT2D eigenvalue weighted by Gasteiger charge is -2.35. The van der Waals surface area contributed by atoms with Crippen LogP contribution in [-0.2, 0) is 29.1 Å². The molecule has 0 radical (unpaired) electrons. The SMILES string of the molecule is CCC1CC(C)CCC=CC2CC2(C(=O)NS(=O)(=O)C2(C)CC2)NC(=O)C2CC(Oc3nccc4c(OC)cccc34)CN2C(=O)C1NC(=O)OC(C)(C)C(F)(F)F. The van der Waals surface area contributed by atoms with Gasteiger partial charge in [-0.05, 0) is 89.3 Å². The van der Waals surface area contributed by atoms with E-state index in [1.54, 1.807) is 37.3 Å². The van der Waals surface area contributed by atoms with E-state index in [0.717, 1.165) is 0 Å². The second-order valence-corrected chi connectivity index (χ2v) is 19.0. The van der Waals surface area contributed by atoms with Gasteiger partial charge in [0.2, 0.25) is 33.3 Å². The Morgan fingerprint density at radius 1 is 1.10 bits per heavy atom. The number of fused-ring (bicyclic) bond motifs is 3.